The third-order valence-corrected chi connectivity index (χ3v) is 2.96. The molecule has 1 saturated carbocycles. The Morgan fingerprint density at radius 1 is 1.44 bits per heavy atom. The molecule has 0 aromatic carbocycles. The molecule has 0 saturated heterocycles. The van der Waals surface area contributed by atoms with Gasteiger partial charge in [-0.3, -0.25) is 9.59 Å². The van der Waals surface area contributed by atoms with Crippen LogP contribution in [0.3, 0.4) is 0 Å². The van der Waals surface area contributed by atoms with Crippen molar-refractivity contribution in [2.75, 3.05) is 0 Å². The lowest BCUT2D eigenvalue weighted by Gasteiger charge is -2.11. The molecular formula is C11H14N2O3. The van der Waals surface area contributed by atoms with Crippen molar-refractivity contribution in [3.8, 4) is 0 Å². The first kappa shape index (κ1) is 10.7. The Labute approximate surface area is 92.9 Å². The van der Waals surface area contributed by atoms with Crippen LogP contribution in [0.1, 0.15) is 29.8 Å². The molecule has 3 N–H and O–H groups in total. The summed E-state index contributed by atoms with van der Waals surface area (Å²) in [6, 6.07) is 3.43. The fourth-order valence-corrected chi connectivity index (χ4v) is 2.07. The molecular weight excluding hydrogens is 208 g/mol. The highest BCUT2D eigenvalue weighted by Gasteiger charge is 2.30. The Hall–Kier alpha value is -1.78. The summed E-state index contributed by atoms with van der Waals surface area (Å²) >= 11 is 0. The smallest absolute Gasteiger partial charge is 0.306 e. The number of carboxylic acids is 1. The highest BCUT2D eigenvalue weighted by molar-refractivity contribution is 5.92. The number of hydrogen-bond acceptors (Lipinski definition) is 2. The lowest BCUT2D eigenvalue weighted by atomic mass is 10.1. The standard InChI is InChI=1S/C11H14N2O3/c14-10(9-2-1-5-12-9)13-8-4-3-7(6-8)11(15)16/h1-2,5,7-8,12H,3-4,6H2,(H,13,14)(H,15,16). The van der Waals surface area contributed by atoms with Gasteiger partial charge in [0.05, 0.1) is 5.92 Å². The molecule has 1 aromatic rings. The second-order valence-corrected chi connectivity index (χ2v) is 4.10. The summed E-state index contributed by atoms with van der Waals surface area (Å²) in [4.78, 5) is 25.2. The molecule has 0 radical (unpaired) electrons. The minimum atomic E-state index is -0.767. The lowest BCUT2D eigenvalue weighted by molar-refractivity contribution is -0.141. The van der Waals surface area contributed by atoms with Crippen molar-refractivity contribution in [1.29, 1.82) is 0 Å². The van der Waals surface area contributed by atoms with E-state index in [0.29, 0.717) is 18.5 Å². The van der Waals surface area contributed by atoms with Crippen LogP contribution in [0.15, 0.2) is 18.3 Å². The zero-order valence-corrected chi connectivity index (χ0v) is 8.77. The number of hydrogen-bond donors (Lipinski definition) is 3. The summed E-state index contributed by atoms with van der Waals surface area (Å²) in [5.74, 6) is -1.24. The number of amides is 1. The van der Waals surface area contributed by atoms with Crippen molar-refractivity contribution in [3.05, 3.63) is 24.0 Å². The Morgan fingerprint density at radius 2 is 2.25 bits per heavy atom. The van der Waals surface area contributed by atoms with E-state index in [1.165, 1.54) is 0 Å². The van der Waals surface area contributed by atoms with Gasteiger partial charge in [-0.1, -0.05) is 0 Å². The number of nitrogens with one attached hydrogen (secondary N) is 2. The summed E-state index contributed by atoms with van der Waals surface area (Å²) in [6.07, 6.45) is 3.60. The summed E-state index contributed by atoms with van der Waals surface area (Å²) in [7, 11) is 0. The zero-order valence-electron chi connectivity index (χ0n) is 8.77. The lowest BCUT2D eigenvalue weighted by Crippen LogP contribution is -2.33. The van der Waals surface area contributed by atoms with Crippen LogP contribution in [0.5, 0.6) is 0 Å². The summed E-state index contributed by atoms with van der Waals surface area (Å²) in [5.41, 5.74) is 0.513. The molecule has 0 spiro atoms. The van der Waals surface area contributed by atoms with Gasteiger partial charge in [0.15, 0.2) is 0 Å². The van der Waals surface area contributed by atoms with E-state index in [0.717, 1.165) is 6.42 Å². The van der Waals surface area contributed by atoms with Crippen LogP contribution >= 0.6 is 0 Å². The number of aliphatic carboxylic acids is 1. The molecule has 86 valence electrons. The van der Waals surface area contributed by atoms with E-state index in [4.69, 9.17) is 5.11 Å². The van der Waals surface area contributed by atoms with Crippen LogP contribution in [0.25, 0.3) is 0 Å². The minimum Gasteiger partial charge on any atom is -0.481 e. The van der Waals surface area contributed by atoms with Crippen molar-refractivity contribution >= 4 is 11.9 Å². The molecule has 0 aliphatic heterocycles. The SMILES string of the molecule is O=C(NC1CCC(C(=O)O)C1)c1ccc[nH]1. The van der Waals surface area contributed by atoms with E-state index in [2.05, 4.69) is 10.3 Å². The highest BCUT2D eigenvalue weighted by Crippen LogP contribution is 2.25. The van der Waals surface area contributed by atoms with E-state index >= 15 is 0 Å². The molecule has 5 nitrogen and oxygen atoms in total. The summed E-state index contributed by atoms with van der Waals surface area (Å²) in [6.45, 7) is 0. The number of rotatable bonds is 3. The van der Waals surface area contributed by atoms with Gasteiger partial charge >= 0.3 is 5.97 Å². The van der Waals surface area contributed by atoms with Gasteiger partial charge in [-0.05, 0) is 31.4 Å². The maximum atomic E-state index is 11.6. The number of aromatic nitrogens is 1. The Morgan fingerprint density at radius 3 is 2.81 bits per heavy atom. The van der Waals surface area contributed by atoms with Gasteiger partial charge in [-0.2, -0.15) is 0 Å². The Bertz CT molecular complexity index is 386. The first-order valence-corrected chi connectivity index (χ1v) is 5.34. The van der Waals surface area contributed by atoms with Crippen LogP contribution in [-0.4, -0.2) is 28.0 Å². The van der Waals surface area contributed by atoms with Gasteiger partial charge in [0, 0.05) is 12.2 Å². The normalized spacial score (nSPS) is 24.2. The van der Waals surface area contributed by atoms with Gasteiger partial charge in [0.1, 0.15) is 5.69 Å². The van der Waals surface area contributed by atoms with E-state index in [1.54, 1.807) is 18.3 Å². The van der Waals surface area contributed by atoms with Crippen molar-refractivity contribution in [1.82, 2.24) is 10.3 Å². The topological polar surface area (TPSA) is 82.2 Å². The minimum absolute atomic E-state index is 0.0168. The molecule has 0 bridgehead atoms. The average Bonchev–Trinajstić information content (AvgIpc) is 2.87. The van der Waals surface area contributed by atoms with Gasteiger partial charge in [-0.25, -0.2) is 0 Å². The first-order chi connectivity index (χ1) is 7.66. The average molecular weight is 222 g/mol. The van der Waals surface area contributed by atoms with Crippen LogP contribution in [0, 0.1) is 5.92 Å². The summed E-state index contributed by atoms with van der Waals surface area (Å²) in [5, 5.41) is 11.7. The number of carboxylic acid groups (broad SMARTS) is 1. The Kier molecular flexibility index (Phi) is 2.94. The molecule has 1 aliphatic carbocycles. The third kappa shape index (κ3) is 2.24. The van der Waals surface area contributed by atoms with Crippen molar-refractivity contribution < 1.29 is 14.7 Å². The van der Waals surface area contributed by atoms with Crippen LogP contribution in [0.4, 0.5) is 0 Å². The Balaban J connectivity index is 1.88. The third-order valence-electron chi connectivity index (χ3n) is 2.96. The molecule has 1 aliphatic rings. The largest absolute Gasteiger partial charge is 0.481 e. The molecule has 2 atom stereocenters. The number of carbonyl (C=O) groups is 2. The zero-order chi connectivity index (χ0) is 11.5. The number of carbonyl (C=O) groups excluding carboxylic acids is 1. The van der Waals surface area contributed by atoms with E-state index in [9.17, 15) is 9.59 Å². The van der Waals surface area contributed by atoms with Crippen molar-refractivity contribution in [2.24, 2.45) is 5.92 Å². The number of H-pyrrole nitrogens is 1. The monoisotopic (exact) mass is 222 g/mol. The van der Waals surface area contributed by atoms with E-state index in [1.807, 2.05) is 0 Å². The molecule has 5 heteroatoms. The predicted octanol–water partition coefficient (Wildman–Crippen LogP) is 0.998. The quantitative estimate of drug-likeness (QED) is 0.713. The number of aromatic amines is 1. The fourth-order valence-electron chi connectivity index (χ4n) is 2.07. The second kappa shape index (κ2) is 4.38. The van der Waals surface area contributed by atoms with Gasteiger partial charge < -0.3 is 15.4 Å². The van der Waals surface area contributed by atoms with E-state index < -0.39 is 5.97 Å². The predicted molar refractivity (Wildman–Crippen MR) is 57.0 cm³/mol. The molecule has 1 fully saturated rings. The second-order valence-electron chi connectivity index (χ2n) is 4.10. The maximum Gasteiger partial charge on any atom is 0.306 e. The molecule has 16 heavy (non-hydrogen) atoms. The molecule has 1 aromatic heterocycles. The molecule has 2 unspecified atom stereocenters. The van der Waals surface area contributed by atoms with Crippen molar-refractivity contribution in [2.45, 2.75) is 25.3 Å². The highest BCUT2D eigenvalue weighted by atomic mass is 16.4. The van der Waals surface area contributed by atoms with Crippen LogP contribution in [-0.2, 0) is 4.79 Å². The first-order valence-electron chi connectivity index (χ1n) is 5.34. The van der Waals surface area contributed by atoms with Gasteiger partial charge in [-0.15, -0.1) is 0 Å². The van der Waals surface area contributed by atoms with Crippen LogP contribution < -0.4 is 5.32 Å². The molecule has 1 heterocycles. The molecule has 2 rings (SSSR count). The van der Waals surface area contributed by atoms with Crippen molar-refractivity contribution in [3.63, 3.8) is 0 Å². The van der Waals surface area contributed by atoms with Crippen LogP contribution in [0.2, 0.25) is 0 Å². The summed E-state index contributed by atoms with van der Waals surface area (Å²) < 4.78 is 0. The fraction of sp³-hybridized carbons (Fsp3) is 0.455. The maximum absolute atomic E-state index is 11.6. The van der Waals surface area contributed by atoms with E-state index in [-0.39, 0.29) is 17.9 Å². The molecule has 1 amide bonds. The van der Waals surface area contributed by atoms with Gasteiger partial charge in [0.2, 0.25) is 0 Å². The van der Waals surface area contributed by atoms with Gasteiger partial charge in [0.25, 0.3) is 5.91 Å².